The first kappa shape index (κ1) is 19.9. The number of aliphatic imine (C=N–C) groups is 1. The monoisotopic (exact) mass is 415 g/mol. The molecule has 2 aliphatic heterocycles. The lowest BCUT2D eigenvalue weighted by molar-refractivity contribution is 0.172. The SMILES string of the molecule is CC1CN(c2ccc(Cl)nn2)CCN1CCCOc1ccc(C2=NCCO2)cc1. The molecule has 0 bridgehead atoms. The minimum atomic E-state index is 0.427. The van der Waals surface area contributed by atoms with Crippen LogP contribution in [0.25, 0.3) is 0 Å². The molecule has 1 unspecified atom stereocenters. The highest BCUT2D eigenvalue weighted by atomic mass is 35.5. The van der Waals surface area contributed by atoms with Gasteiger partial charge in [-0.05, 0) is 49.7 Å². The molecule has 154 valence electrons. The highest BCUT2D eigenvalue weighted by Crippen LogP contribution is 2.18. The summed E-state index contributed by atoms with van der Waals surface area (Å²) in [7, 11) is 0. The van der Waals surface area contributed by atoms with E-state index in [2.05, 4.69) is 31.9 Å². The maximum Gasteiger partial charge on any atom is 0.216 e. The van der Waals surface area contributed by atoms with E-state index in [4.69, 9.17) is 21.1 Å². The second-order valence-electron chi connectivity index (χ2n) is 7.31. The second-order valence-corrected chi connectivity index (χ2v) is 7.69. The molecule has 0 spiro atoms. The zero-order chi connectivity index (χ0) is 20.1. The summed E-state index contributed by atoms with van der Waals surface area (Å²) < 4.78 is 11.4. The first-order valence-corrected chi connectivity index (χ1v) is 10.5. The van der Waals surface area contributed by atoms with Gasteiger partial charge in [-0.2, -0.15) is 0 Å². The Morgan fingerprint density at radius 1 is 1.14 bits per heavy atom. The van der Waals surface area contributed by atoms with E-state index in [9.17, 15) is 0 Å². The van der Waals surface area contributed by atoms with E-state index in [1.807, 2.05) is 30.3 Å². The minimum absolute atomic E-state index is 0.427. The van der Waals surface area contributed by atoms with Crippen LogP contribution in [0.4, 0.5) is 5.82 Å². The maximum absolute atomic E-state index is 5.90. The van der Waals surface area contributed by atoms with E-state index in [0.717, 1.165) is 62.2 Å². The third kappa shape index (κ3) is 5.16. The van der Waals surface area contributed by atoms with Crippen LogP contribution in [-0.2, 0) is 4.74 Å². The third-order valence-corrected chi connectivity index (χ3v) is 5.45. The molecule has 2 aliphatic rings. The number of ether oxygens (including phenoxy) is 2. The van der Waals surface area contributed by atoms with Crippen LogP contribution in [0.2, 0.25) is 5.15 Å². The predicted molar refractivity (Wildman–Crippen MR) is 114 cm³/mol. The number of hydrogen-bond donors (Lipinski definition) is 0. The molecule has 0 saturated carbocycles. The van der Waals surface area contributed by atoms with Gasteiger partial charge in [-0.3, -0.25) is 4.90 Å². The molecule has 1 saturated heterocycles. The Kier molecular flexibility index (Phi) is 6.46. The Labute approximate surface area is 176 Å². The van der Waals surface area contributed by atoms with Crippen LogP contribution in [0.3, 0.4) is 0 Å². The molecule has 7 nitrogen and oxygen atoms in total. The largest absolute Gasteiger partial charge is 0.494 e. The standard InChI is InChI=1S/C21H26ClN5O2/c1-16-15-27(20-8-7-19(22)24-25-20)12-11-26(16)10-2-13-28-18-5-3-17(4-6-18)21-23-9-14-29-21/h3-8,16H,2,9-15H2,1H3. The lowest BCUT2D eigenvalue weighted by Crippen LogP contribution is -2.52. The van der Waals surface area contributed by atoms with Gasteiger partial charge in [0.05, 0.1) is 13.2 Å². The molecular formula is C21H26ClN5O2. The van der Waals surface area contributed by atoms with Crippen LogP contribution in [0.15, 0.2) is 41.4 Å². The van der Waals surface area contributed by atoms with Crippen molar-refractivity contribution in [2.24, 2.45) is 4.99 Å². The van der Waals surface area contributed by atoms with Crippen LogP contribution in [0, 0.1) is 0 Å². The van der Waals surface area contributed by atoms with Gasteiger partial charge in [-0.15, -0.1) is 10.2 Å². The fraction of sp³-hybridized carbons (Fsp3) is 0.476. The van der Waals surface area contributed by atoms with E-state index in [0.29, 0.717) is 24.4 Å². The summed E-state index contributed by atoms with van der Waals surface area (Å²) in [5.74, 6) is 2.50. The topological polar surface area (TPSA) is 63.1 Å². The molecule has 0 radical (unpaired) electrons. The fourth-order valence-corrected chi connectivity index (χ4v) is 3.78. The summed E-state index contributed by atoms with van der Waals surface area (Å²) in [6, 6.07) is 12.1. The second kappa shape index (κ2) is 9.41. The lowest BCUT2D eigenvalue weighted by atomic mass is 10.2. The van der Waals surface area contributed by atoms with Crippen molar-refractivity contribution in [3.8, 4) is 5.75 Å². The van der Waals surface area contributed by atoms with Crippen molar-refractivity contribution >= 4 is 23.3 Å². The number of halogens is 1. The van der Waals surface area contributed by atoms with E-state index in [1.165, 1.54) is 0 Å². The first-order valence-electron chi connectivity index (χ1n) is 10.1. The van der Waals surface area contributed by atoms with Crippen molar-refractivity contribution in [1.82, 2.24) is 15.1 Å². The molecule has 1 aromatic heterocycles. The number of rotatable bonds is 7. The Bertz CT molecular complexity index is 828. The molecule has 1 atom stereocenters. The predicted octanol–water partition coefficient (Wildman–Crippen LogP) is 2.89. The van der Waals surface area contributed by atoms with Gasteiger partial charge in [0.1, 0.15) is 12.4 Å². The molecule has 0 aliphatic carbocycles. The molecule has 2 aromatic rings. The summed E-state index contributed by atoms with van der Waals surface area (Å²) in [6.45, 7) is 8.27. The van der Waals surface area contributed by atoms with Crippen LogP contribution < -0.4 is 9.64 Å². The Morgan fingerprint density at radius 3 is 2.69 bits per heavy atom. The number of anilines is 1. The van der Waals surface area contributed by atoms with Crippen LogP contribution in [0.5, 0.6) is 5.75 Å². The van der Waals surface area contributed by atoms with Crippen molar-refractivity contribution < 1.29 is 9.47 Å². The Morgan fingerprint density at radius 2 is 2.00 bits per heavy atom. The molecule has 0 amide bonds. The van der Waals surface area contributed by atoms with Crippen LogP contribution in [0.1, 0.15) is 18.9 Å². The van der Waals surface area contributed by atoms with Gasteiger partial charge in [0.25, 0.3) is 0 Å². The number of benzene rings is 1. The van der Waals surface area contributed by atoms with E-state index < -0.39 is 0 Å². The van der Waals surface area contributed by atoms with Crippen molar-refractivity contribution in [3.63, 3.8) is 0 Å². The molecule has 1 aromatic carbocycles. The molecule has 1 fully saturated rings. The fourth-order valence-electron chi connectivity index (χ4n) is 3.67. The smallest absolute Gasteiger partial charge is 0.216 e. The van der Waals surface area contributed by atoms with Gasteiger partial charge in [0, 0.05) is 37.8 Å². The average Bonchev–Trinajstić information content (AvgIpc) is 3.28. The first-order chi connectivity index (χ1) is 14.2. The van der Waals surface area contributed by atoms with Crippen molar-refractivity contribution in [1.29, 1.82) is 0 Å². The zero-order valence-electron chi connectivity index (χ0n) is 16.6. The van der Waals surface area contributed by atoms with E-state index in [1.54, 1.807) is 6.07 Å². The zero-order valence-corrected chi connectivity index (χ0v) is 17.4. The minimum Gasteiger partial charge on any atom is -0.494 e. The van der Waals surface area contributed by atoms with Crippen LogP contribution in [-0.4, -0.2) is 73.0 Å². The van der Waals surface area contributed by atoms with Crippen molar-refractivity contribution in [2.45, 2.75) is 19.4 Å². The number of nitrogens with zero attached hydrogens (tertiary/aromatic N) is 5. The van der Waals surface area contributed by atoms with Crippen molar-refractivity contribution in [2.75, 3.05) is 50.8 Å². The average molecular weight is 416 g/mol. The quantitative estimate of drug-likeness (QED) is 0.648. The molecule has 3 heterocycles. The summed E-state index contributed by atoms with van der Waals surface area (Å²) in [5.41, 5.74) is 1.01. The normalized spacial score (nSPS) is 19.7. The maximum atomic E-state index is 5.90. The Hall–Kier alpha value is -2.38. The highest BCUT2D eigenvalue weighted by molar-refractivity contribution is 6.29. The molecule has 29 heavy (non-hydrogen) atoms. The summed E-state index contributed by atoms with van der Waals surface area (Å²) in [6.07, 6.45) is 0.989. The van der Waals surface area contributed by atoms with E-state index in [-0.39, 0.29) is 0 Å². The van der Waals surface area contributed by atoms with Gasteiger partial charge in [0.2, 0.25) is 5.90 Å². The van der Waals surface area contributed by atoms with Gasteiger partial charge >= 0.3 is 0 Å². The number of hydrogen-bond acceptors (Lipinski definition) is 7. The third-order valence-electron chi connectivity index (χ3n) is 5.25. The lowest BCUT2D eigenvalue weighted by Gasteiger charge is -2.40. The Balaban J connectivity index is 1.18. The number of piperazine rings is 1. The summed E-state index contributed by atoms with van der Waals surface area (Å²) >= 11 is 5.83. The van der Waals surface area contributed by atoms with E-state index >= 15 is 0 Å². The van der Waals surface area contributed by atoms with Gasteiger partial charge in [-0.25, -0.2) is 4.99 Å². The molecular weight excluding hydrogens is 390 g/mol. The van der Waals surface area contributed by atoms with Gasteiger partial charge in [-0.1, -0.05) is 11.6 Å². The molecule has 8 heteroatoms. The van der Waals surface area contributed by atoms with Gasteiger partial charge < -0.3 is 14.4 Å². The summed E-state index contributed by atoms with van der Waals surface area (Å²) in [5, 5.41) is 8.56. The van der Waals surface area contributed by atoms with Crippen LogP contribution >= 0.6 is 11.6 Å². The summed E-state index contributed by atoms with van der Waals surface area (Å²) in [4.78, 5) is 9.10. The molecule has 4 rings (SSSR count). The highest BCUT2D eigenvalue weighted by Gasteiger charge is 2.24. The molecule has 0 N–H and O–H groups in total. The number of aromatic nitrogens is 2. The van der Waals surface area contributed by atoms with Crippen molar-refractivity contribution in [3.05, 3.63) is 47.1 Å². The van der Waals surface area contributed by atoms with Gasteiger partial charge in [0.15, 0.2) is 11.0 Å².